The predicted molar refractivity (Wildman–Crippen MR) is 39.8 cm³/mol. The van der Waals surface area contributed by atoms with Gasteiger partial charge in [-0.2, -0.15) is 0 Å². The van der Waals surface area contributed by atoms with Gasteiger partial charge in [0.25, 0.3) is 0 Å². The largest absolute Gasteiger partial charge is 0.783 e. The lowest BCUT2D eigenvalue weighted by Crippen LogP contribution is -2.06. The lowest BCUT2D eigenvalue weighted by atomic mass is 10.4. The van der Waals surface area contributed by atoms with Crippen LogP contribution in [0.2, 0.25) is 0 Å². The van der Waals surface area contributed by atoms with Crippen molar-refractivity contribution < 1.29 is 26.5 Å². The van der Waals surface area contributed by atoms with E-state index in [1.165, 1.54) is 6.92 Å². The number of hydrogen-bond donors (Lipinski definition) is 2. The minimum absolute atomic E-state index is 0.168. The predicted octanol–water partition coefficient (Wildman–Crippen LogP) is -0.251. The Bertz CT molecular complexity index is 232. The fourth-order valence-corrected chi connectivity index (χ4v) is 1.12. The topological polar surface area (TPSA) is 93.1 Å². The van der Waals surface area contributed by atoms with Crippen LogP contribution in [-0.2, 0) is 16.7 Å². The lowest BCUT2D eigenvalue weighted by Gasteiger charge is -2.06. The molecular formula is C4H7AlO6P. The highest BCUT2D eigenvalue weighted by molar-refractivity contribution is 7.47. The molecule has 0 aliphatic rings. The third-order valence-corrected chi connectivity index (χ3v) is 2.59. The summed E-state index contributed by atoms with van der Waals surface area (Å²) in [6.07, 6.45) is 0. The number of allylic oxidation sites excluding steroid dienone is 1. The molecule has 0 aromatic heterocycles. The zero-order chi connectivity index (χ0) is 9.78. The number of carbonyl (C=O) groups is 1. The molecule has 0 atom stereocenters. The molecule has 0 amide bonds. The normalized spacial score (nSPS) is 10.6. The van der Waals surface area contributed by atoms with Gasteiger partial charge in [0.15, 0.2) is 5.78 Å². The van der Waals surface area contributed by atoms with Crippen molar-refractivity contribution >= 4 is 29.5 Å². The lowest BCUT2D eigenvalue weighted by molar-refractivity contribution is -0.115. The van der Waals surface area contributed by atoms with Gasteiger partial charge in [0.05, 0.1) is 0 Å². The first-order valence-corrected chi connectivity index (χ1v) is 5.22. The maximum absolute atomic E-state index is 10.4. The fourth-order valence-electron chi connectivity index (χ4n) is 0.219. The molecule has 0 saturated heterocycles. The fraction of sp³-hybridized carbons (Fsp3) is 0.250. The van der Waals surface area contributed by atoms with E-state index in [1.807, 2.05) is 0 Å². The molecule has 12 heavy (non-hydrogen) atoms. The standard InChI is InChI=1S/C4H6O2.Al.H3O4P/c1-3(5)4(2)6;;1-5(2,3)4/h5H,1H2,2H3;;(H3,1,2,3,4)/q;+2;/p-2. The van der Waals surface area contributed by atoms with E-state index in [2.05, 4.69) is 13.9 Å². The van der Waals surface area contributed by atoms with Crippen molar-refractivity contribution in [1.29, 1.82) is 0 Å². The smallest absolute Gasteiger partial charge is 0.624 e. The molecular weight excluding hydrogens is 202 g/mol. The van der Waals surface area contributed by atoms with Crippen LogP contribution in [0.5, 0.6) is 0 Å². The summed E-state index contributed by atoms with van der Waals surface area (Å²) in [6, 6.07) is 0. The van der Waals surface area contributed by atoms with Gasteiger partial charge in [0, 0.05) is 6.92 Å². The molecule has 2 N–H and O–H groups in total. The Morgan fingerprint density at radius 2 is 2.08 bits per heavy atom. The van der Waals surface area contributed by atoms with E-state index in [0.717, 1.165) is 0 Å². The molecule has 0 heterocycles. The third kappa shape index (κ3) is 6.56. The SMILES string of the molecule is C=C([O][Al][O]P(=O)(O)O)C(C)=O. The van der Waals surface area contributed by atoms with Crippen molar-refractivity contribution in [1.82, 2.24) is 0 Å². The second kappa shape index (κ2) is 4.78. The van der Waals surface area contributed by atoms with E-state index in [0.29, 0.717) is 0 Å². The Kier molecular flexibility index (Phi) is 4.72. The highest BCUT2D eigenvalue weighted by atomic mass is 31.2. The van der Waals surface area contributed by atoms with Crippen molar-refractivity contribution in [2.45, 2.75) is 6.92 Å². The number of phosphoric acid groups is 1. The van der Waals surface area contributed by atoms with Crippen molar-refractivity contribution in [2.24, 2.45) is 0 Å². The van der Waals surface area contributed by atoms with Crippen LogP contribution in [0.3, 0.4) is 0 Å². The van der Waals surface area contributed by atoms with E-state index in [1.54, 1.807) is 0 Å². The summed E-state index contributed by atoms with van der Waals surface area (Å²) in [5, 5.41) is 0. The number of Topliss-reactive ketones (excluding diaryl/α,β-unsaturated/α-hetero) is 1. The molecule has 0 aliphatic heterocycles. The molecule has 0 spiro atoms. The molecule has 0 aromatic carbocycles. The highest BCUT2D eigenvalue weighted by Crippen LogP contribution is 2.34. The number of carbonyl (C=O) groups excluding carboxylic acids is 1. The minimum Gasteiger partial charge on any atom is -0.624 e. The van der Waals surface area contributed by atoms with Crippen LogP contribution < -0.4 is 0 Å². The summed E-state index contributed by atoms with van der Waals surface area (Å²) in [5.41, 5.74) is 0. The van der Waals surface area contributed by atoms with Gasteiger partial charge in [-0.3, -0.25) is 4.79 Å². The third-order valence-electron chi connectivity index (χ3n) is 0.763. The van der Waals surface area contributed by atoms with Crippen molar-refractivity contribution in [3.8, 4) is 0 Å². The van der Waals surface area contributed by atoms with Gasteiger partial charge in [0.2, 0.25) is 0 Å². The first-order valence-electron chi connectivity index (χ1n) is 2.75. The molecule has 0 unspecified atom stereocenters. The highest BCUT2D eigenvalue weighted by Gasteiger charge is 2.18. The Balaban J connectivity index is 3.65. The Hall–Kier alpha value is -0.148. The van der Waals surface area contributed by atoms with Crippen LogP contribution in [0.25, 0.3) is 0 Å². The molecule has 8 heteroatoms. The van der Waals surface area contributed by atoms with E-state index in [9.17, 15) is 9.36 Å². The van der Waals surface area contributed by atoms with E-state index in [4.69, 9.17) is 9.79 Å². The molecule has 0 saturated carbocycles. The van der Waals surface area contributed by atoms with Crippen molar-refractivity contribution in [3.63, 3.8) is 0 Å². The van der Waals surface area contributed by atoms with Crippen molar-refractivity contribution in [3.05, 3.63) is 12.3 Å². The second-order valence-electron chi connectivity index (χ2n) is 1.79. The summed E-state index contributed by atoms with van der Waals surface area (Å²) >= 11 is -1.40. The summed E-state index contributed by atoms with van der Waals surface area (Å²) in [6.45, 7) is 4.41. The number of rotatable bonds is 5. The van der Waals surface area contributed by atoms with Gasteiger partial charge >= 0.3 is 23.7 Å². The quantitative estimate of drug-likeness (QED) is 0.280. The summed E-state index contributed by atoms with van der Waals surface area (Å²) in [7, 11) is -4.49. The molecule has 1 radical (unpaired) electrons. The van der Waals surface area contributed by atoms with Gasteiger partial charge in [-0.25, -0.2) is 4.57 Å². The average Bonchev–Trinajstić information content (AvgIpc) is 1.84. The summed E-state index contributed by atoms with van der Waals surface area (Å²) in [4.78, 5) is 26.8. The Morgan fingerprint density at radius 1 is 1.58 bits per heavy atom. The molecule has 67 valence electrons. The van der Waals surface area contributed by atoms with E-state index >= 15 is 0 Å². The Labute approximate surface area is 75.8 Å². The molecule has 0 fully saturated rings. The van der Waals surface area contributed by atoms with Crippen LogP contribution in [0.4, 0.5) is 0 Å². The maximum atomic E-state index is 10.4. The van der Waals surface area contributed by atoms with E-state index < -0.39 is 29.5 Å². The molecule has 0 bridgehead atoms. The first kappa shape index (κ1) is 11.9. The summed E-state index contributed by atoms with van der Waals surface area (Å²) < 4.78 is 18.6. The number of hydrogen-bond acceptors (Lipinski definition) is 4. The average molecular weight is 209 g/mol. The van der Waals surface area contributed by atoms with Gasteiger partial charge < -0.3 is 17.2 Å². The molecule has 0 aromatic rings. The van der Waals surface area contributed by atoms with Gasteiger partial charge in [-0.15, -0.1) is 0 Å². The zero-order valence-electron chi connectivity index (χ0n) is 6.26. The van der Waals surface area contributed by atoms with Gasteiger partial charge in [-0.1, -0.05) is 6.58 Å². The van der Waals surface area contributed by atoms with E-state index in [-0.39, 0.29) is 5.76 Å². The second-order valence-corrected chi connectivity index (χ2v) is 4.04. The maximum Gasteiger partial charge on any atom is 0.783 e. The van der Waals surface area contributed by atoms with Crippen LogP contribution in [0, 0.1) is 0 Å². The van der Waals surface area contributed by atoms with Crippen LogP contribution in [0.15, 0.2) is 12.3 Å². The molecule has 0 rings (SSSR count). The minimum atomic E-state index is -4.49. The van der Waals surface area contributed by atoms with Crippen LogP contribution in [-0.4, -0.2) is 31.5 Å². The monoisotopic (exact) mass is 209 g/mol. The van der Waals surface area contributed by atoms with Gasteiger partial charge in [-0.05, 0) is 0 Å². The number of ketones is 1. The zero-order valence-corrected chi connectivity index (χ0v) is 8.31. The summed E-state index contributed by atoms with van der Waals surface area (Å²) in [5.74, 6) is -0.574. The first-order chi connectivity index (χ1) is 5.33. The van der Waals surface area contributed by atoms with Crippen LogP contribution in [0.1, 0.15) is 6.92 Å². The Morgan fingerprint density at radius 3 is 2.42 bits per heavy atom. The van der Waals surface area contributed by atoms with Crippen LogP contribution >= 0.6 is 7.82 Å². The van der Waals surface area contributed by atoms with Crippen molar-refractivity contribution in [2.75, 3.05) is 0 Å². The molecule has 6 nitrogen and oxygen atoms in total. The van der Waals surface area contributed by atoms with Gasteiger partial charge in [0.1, 0.15) is 5.76 Å². The molecule has 0 aliphatic carbocycles.